The molecule has 2 aromatic rings. The van der Waals surface area contributed by atoms with E-state index in [2.05, 4.69) is 4.74 Å². The first-order valence-corrected chi connectivity index (χ1v) is 5.21. The highest BCUT2D eigenvalue weighted by Gasteiger charge is 2.14. The molecule has 17 heavy (non-hydrogen) atoms. The summed E-state index contributed by atoms with van der Waals surface area (Å²) in [6.45, 7) is 1.80. The first-order chi connectivity index (χ1) is 8.13. The van der Waals surface area contributed by atoms with E-state index >= 15 is 0 Å². The van der Waals surface area contributed by atoms with Crippen LogP contribution in [0.3, 0.4) is 0 Å². The van der Waals surface area contributed by atoms with Gasteiger partial charge < -0.3 is 9.15 Å². The maximum atomic E-state index is 11.7. The van der Waals surface area contributed by atoms with Gasteiger partial charge in [0.2, 0.25) is 0 Å². The van der Waals surface area contributed by atoms with Gasteiger partial charge in [-0.25, -0.2) is 4.79 Å². The summed E-state index contributed by atoms with van der Waals surface area (Å²) >= 11 is 0. The van der Waals surface area contributed by atoms with E-state index in [0.29, 0.717) is 11.1 Å². The van der Waals surface area contributed by atoms with Crippen LogP contribution >= 0.6 is 0 Å². The smallest absolute Gasteiger partial charge is 0.340 e. The highest BCUT2D eigenvalue weighted by atomic mass is 16.5. The lowest BCUT2D eigenvalue weighted by molar-refractivity contribution is -0.139. The van der Waals surface area contributed by atoms with Crippen molar-refractivity contribution in [3.63, 3.8) is 0 Å². The van der Waals surface area contributed by atoms with Gasteiger partial charge in [0, 0.05) is 5.39 Å². The van der Waals surface area contributed by atoms with E-state index in [4.69, 9.17) is 4.42 Å². The second kappa shape index (κ2) is 4.41. The molecule has 1 aromatic heterocycles. The summed E-state index contributed by atoms with van der Waals surface area (Å²) < 4.78 is 9.71. The van der Waals surface area contributed by atoms with Gasteiger partial charge in [-0.05, 0) is 18.6 Å². The minimum absolute atomic E-state index is 0.0600. The Balaban J connectivity index is 2.64. The van der Waals surface area contributed by atoms with Gasteiger partial charge in [-0.15, -0.1) is 0 Å². The molecule has 0 saturated heterocycles. The Kier molecular flexibility index (Phi) is 2.95. The summed E-state index contributed by atoms with van der Waals surface area (Å²) in [5.41, 5.74) is 1.17. The van der Waals surface area contributed by atoms with Gasteiger partial charge >= 0.3 is 11.6 Å². The Morgan fingerprint density at radius 1 is 1.35 bits per heavy atom. The normalized spacial score (nSPS) is 10.5. The fourth-order valence-corrected chi connectivity index (χ4v) is 1.76. The summed E-state index contributed by atoms with van der Waals surface area (Å²) in [7, 11) is 1.29. The third kappa shape index (κ3) is 2.06. The zero-order valence-corrected chi connectivity index (χ0v) is 9.65. The van der Waals surface area contributed by atoms with Crippen molar-refractivity contribution >= 4 is 16.9 Å². The van der Waals surface area contributed by atoms with E-state index in [9.17, 15) is 9.59 Å². The van der Waals surface area contributed by atoms with E-state index in [1.165, 1.54) is 7.11 Å². The van der Waals surface area contributed by atoms with Crippen LogP contribution < -0.4 is 5.63 Å². The molecule has 0 amide bonds. The van der Waals surface area contributed by atoms with E-state index in [1.807, 2.05) is 12.1 Å². The van der Waals surface area contributed by atoms with Gasteiger partial charge in [0.05, 0.1) is 19.1 Å². The van der Waals surface area contributed by atoms with Crippen LogP contribution in [0, 0.1) is 6.92 Å². The lowest BCUT2D eigenvalue weighted by Gasteiger charge is -2.06. The number of esters is 1. The summed E-state index contributed by atoms with van der Waals surface area (Å²) in [6.07, 6.45) is -0.0600. The van der Waals surface area contributed by atoms with Gasteiger partial charge in [0.25, 0.3) is 0 Å². The second-order valence-corrected chi connectivity index (χ2v) is 3.74. The summed E-state index contributed by atoms with van der Waals surface area (Å²) in [5, 5.41) is 0.839. The minimum Gasteiger partial charge on any atom is -0.469 e. The lowest BCUT2D eigenvalue weighted by Crippen LogP contribution is -2.16. The number of carbonyl (C=O) groups is 1. The maximum absolute atomic E-state index is 11.7. The molecule has 0 atom stereocenters. The third-order valence-electron chi connectivity index (χ3n) is 2.74. The van der Waals surface area contributed by atoms with Crippen molar-refractivity contribution in [1.82, 2.24) is 0 Å². The Bertz CT molecular complexity index is 625. The van der Waals surface area contributed by atoms with Gasteiger partial charge in [0.15, 0.2) is 0 Å². The Morgan fingerprint density at radius 3 is 2.76 bits per heavy atom. The van der Waals surface area contributed by atoms with Gasteiger partial charge in [-0.3, -0.25) is 4.79 Å². The lowest BCUT2D eigenvalue weighted by atomic mass is 10.0. The van der Waals surface area contributed by atoms with E-state index in [1.54, 1.807) is 19.1 Å². The summed E-state index contributed by atoms with van der Waals surface area (Å²) in [5.74, 6) is -0.448. The quantitative estimate of drug-likeness (QED) is 0.585. The predicted octanol–water partition coefficient (Wildman–Crippen LogP) is 1.82. The van der Waals surface area contributed by atoms with Crippen molar-refractivity contribution in [2.24, 2.45) is 0 Å². The standard InChI is InChI=1S/C13H12O4/c1-8-9-5-3-4-6-11(9)17-13(15)10(8)7-12(14)16-2/h3-6H,7H2,1-2H3. The number of methoxy groups -OCH3 is 1. The Morgan fingerprint density at radius 2 is 2.06 bits per heavy atom. The van der Waals surface area contributed by atoms with Crippen molar-refractivity contribution in [3.8, 4) is 0 Å². The molecule has 0 spiro atoms. The van der Waals surface area contributed by atoms with Crippen molar-refractivity contribution < 1.29 is 13.9 Å². The molecular formula is C13H12O4. The molecule has 88 valence electrons. The van der Waals surface area contributed by atoms with Crippen LogP contribution in [0.15, 0.2) is 33.5 Å². The summed E-state index contributed by atoms with van der Waals surface area (Å²) in [6, 6.07) is 7.24. The molecule has 0 radical (unpaired) electrons. The number of rotatable bonds is 2. The highest BCUT2D eigenvalue weighted by Crippen LogP contribution is 2.19. The molecule has 2 rings (SSSR count). The van der Waals surface area contributed by atoms with Crippen LogP contribution in [0.4, 0.5) is 0 Å². The number of fused-ring (bicyclic) bond motifs is 1. The van der Waals surface area contributed by atoms with Crippen LogP contribution in [0.1, 0.15) is 11.1 Å². The van der Waals surface area contributed by atoms with Gasteiger partial charge in [-0.1, -0.05) is 18.2 Å². The van der Waals surface area contributed by atoms with Crippen molar-refractivity contribution in [3.05, 3.63) is 45.8 Å². The highest BCUT2D eigenvalue weighted by molar-refractivity contribution is 5.82. The number of para-hydroxylation sites is 1. The van der Waals surface area contributed by atoms with E-state index in [0.717, 1.165) is 10.9 Å². The second-order valence-electron chi connectivity index (χ2n) is 3.74. The molecular weight excluding hydrogens is 220 g/mol. The Hall–Kier alpha value is -2.10. The average Bonchev–Trinajstić information content (AvgIpc) is 2.34. The first kappa shape index (κ1) is 11.4. The van der Waals surface area contributed by atoms with Gasteiger partial charge in [-0.2, -0.15) is 0 Å². The molecule has 1 heterocycles. The van der Waals surface area contributed by atoms with Crippen LogP contribution in [0.25, 0.3) is 11.0 Å². The third-order valence-corrected chi connectivity index (χ3v) is 2.74. The number of hydrogen-bond donors (Lipinski definition) is 0. The molecule has 0 fully saturated rings. The fraction of sp³-hybridized carbons (Fsp3) is 0.231. The molecule has 0 N–H and O–H groups in total. The molecule has 0 bridgehead atoms. The SMILES string of the molecule is COC(=O)Cc1c(C)c2ccccc2oc1=O. The molecule has 0 saturated carbocycles. The van der Waals surface area contributed by atoms with Crippen molar-refractivity contribution in [1.29, 1.82) is 0 Å². The van der Waals surface area contributed by atoms with Crippen LogP contribution in [-0.2, 0) is 16.0 Å². The van der Waals surface area contributed by atoms with Crippen molar-refractivity contribution in [2.45, 2.75) is 13.3 Å². The van der Waals surface area contributed by atoms with Crippen LogP contribution in [-0.4, -0.2) is 13.1 Å². The number of carbonyl (C=O) groups excluding carboxylic acids is 1. The minimum atomic E-state index is -0.480. The molecule has 0 unspecified atom stereocenters. The first-order valence-electron chi connectivity index (χ1n) is 5.21. The predicted molar refractivity (Wildman–Crippen MR) is 62.9 cm³/mol. The molecule has 0 aliphatic heterocycles. The fourth-order valence-electron chi connectivity index (χ4n) is 1.76. The monoisotopic (exact) mass is 232 g/mol. The van der Waals surface area contributed by atoms with Gasteiger partial charge in [0.1, 0.15) is 5.58 Å². The summed E-state index contributed by atoms with van der Waals surface area (Å²) in [4.78, 5) is 22.9. The Labute approximate surface area is 97.8 Å². The van der Waals surface area contributed by atoms with Crippen molar-refractivity contribution in [2.75, 3.05) is 7.11 Å². The average molecular weight is 232 g/mol. The van der Waals surface area contributed by atoms with E-state index in [-0.39, 0.29) is 6.42 Å². The van der Waals surface area contributed by atoms with Crippen LogP contribution in [0.2, 0.25) is 0 Å². The topological polar surface area (TPSA) is 56.5 Å². The number of ether oxygens (including phenoxy) is 1. The largest absolute Gasteiger partial charge is 0.469 e. The molecule has 0 aliphatic carbocycles. The van der Waals surface area contributed by atoms with E-state index < -0.39 is 11.6 Å². The zero-order valence-electron chi connectivity index (χ0n) is 9.65. The van der Waals surface area contributed by atoms with Crippen LogP contribution in [0.5, 0.6) is 0 Å². The number of benzene rings is 1. The maximum Gasteiger partial charge on any atom is 0.340 e. The number of aryl methyl sites for hydroxylation is 1. The molecule has 1 aromatic carbocycles. The molecule has 0 aliphatic rings. The zero-order chi connectivity index (χ0) is 12.4. The number of hydrogen-bond acceptors (Lipinski definition) is 4. The molecule has 4 heteroatoms. The molecule has 4 nitrogen and oxygen atoms in total.